The zero-order valence-corrected chi connectivity index (χ0v) is 21.7. The van der Waals surface area contributed by atoms with E-state index in [0.29, 0.717) is 24.2 Å². The number of aromatic nitrogens is 4. The van der Waals surface area contributed by atoms with Gasteiger partial charge in [-0.25, -0.2) is 9.79 Å². The number of hydrogen-bond donors (Lipinski definition) is 1. The van der Waals surface area contributed by atoms with Crippen LogP contribution in [-0.4, -0.2) is 91.4 Å². The molecule has 2 aliphatic heterocycles. The first-order valence-corrected chi connectivity index (χ1v) is 13.0. The SMILES string of the molecule is CC(CSc1nnnn1-c1ccccc1)CN1C(N(C)Cc2ccccc2)=NC2C1C(=O)NC(=O)N2C. The van der Waals surface area contributed by atoms with Gasteiger partial charge in [-0.2, -0.15) is 4.68 Å². The molecule has 12 heteroatoms. The highest BCUT2D eigenvalue weighted by Gasteiger charge is 2.49. The average molecular weight is 520 g/mol. The van der Waals surface area contributed by atoms with Crippen molar-refractivity contribution < 1.29 is 9.59 Å². The molecule has 1 aromatic heterocycles. The van der Waals surface area contributed by atoms with Crippen LogP contribution in [0.5, 0.6) is 0 Å². The molecule has 3 heterocycles. The van der Waals surface area contributed by atoms with Crippen molar-refractivity contribution >= 4 is 29.7 Å². The number of carbonyl (C=O) groups is 2. The summed E-state index contributed by atoms with van der Waals surface area (Å²) in [6.45, 7) is 3.33. The molecule has 2 aliphatic rings. The fourth-order valence-corrected chi connectivity index (χ4v) is 5.46. The van der Waals surface area contributed by atoms with Crippen LogP contribution < -0.4 is 5.32 Å². The maximum Gasteiger partial charge on any atom is 0.325 e. The molecule has 3 amide bonds. The minimum Gasteiger partial charge on any atom is -0.341 e. The molecule has 3 atom stereocenters. The van der Waals surface area contributed by atoms with E-state index >= 15 is 0 Å². The van der Waals surface area contributed by atoms with Gasteiger partial charge in [0, 0.05) is 32.9 Å². The standard InChI is InChI=1S/C25H29N9O2S/c1-17(16-37-25-28-29-30-34(25)19-12-8-5-9-13-19)14-33-20-21(32(3)24(36)27-22(20)35)26-23(33)31(2)15-18-10-6-4-7-11-18/h4-13,17,20-21H,14-16H2,1-3H3,(H,27,35,36). The van der Waals surface area contributed by atoms with Crippen LogP contribution >= 0.6 is 11.8 Å². The van der Waals surface area contributed by atoms with Crippen LogP contribution in [0.2, 0.25) is 0 Å². The molecule has 1 fully saturated rings. The molecule has 37 heavy (non-hydrogen) atoms. The van der Waals surface area contributed by atoms with E-state index in [-0.39, 0.29) is 11.8 Å². The van der Waals surface area contributed by atoms with Crippen molar-refractivity contribution in [2.24, 2.45) is 10.9 Å². The highest BCUT2D eigenvalue weighted by molar-refractivity contribution is 7.99. The van der Waals surface area contributed by atoms with Gasteiger partial charge in [0.1, 0.15) is 0 Å². The summed E-state index contributed by atoms with van der Waals surface area (Å²) < 4.78 is 1.72. The number of nitrogens with zero attached hydrogens (tertiary/aromatic N) is 8. The third kappa shape index (κ3) is 5.15. The van der Waals surface area contributed by atoms with Crippen LogP contribution in [0.15, 0.2) is 70.8 Å². The van der Waals surface area contributed by atoms with Crippen LogP contribution in [0, 0.1) is 5.92 Å². The lowest BCUT2D eigenvalue weighted by Crippen LogP contribution is -2.64. The van der Waals surface area contributed by atoms with Gasteiger partial charge in [-0.05, 0) is 34.0 Å². The first kappa shape index (κ1) is 24.8. The van der Waals surface area contributed by atoms with Crippen molar-refractivity contribution in [3.8, 4) is 5.69 Å². The Morgan fingerprint density at radius 3 is 2.51 bits per heavy atom. The maximum absolute atomic E-state index is 13.0. The van der Waals surface area contributed by atoms with Crippen LogP contribution in [0.1, 0.15) is 12.5 Å². The zero-order valence-electron chi connectivity index (χ0n) is 20.9. The van der Waals surface area contributed by atoms with Crippen molar-refractivity contribution in [3.05, 3.63) is 66.2 Å². The lowest BCUT2D eigenvalue weighted by molar-refractivity contribution is -0.127. The molecule has 0 bridgehead atoms. The number of amides is 3. The molecule has 3 aromatic rings. The van der Waals surface area contributed by atoms with Gasteiger partial charge < -0.3 is 14.7 Å². The van der Waals surface area contributed by atoms with E-state index in [0.717, 1.165) is 17.0 Å². The third-order valence-electron chi connectivity index (χ3n) is 6.39. The first-order valence-electron chi connectivity index (χ1n) is 12.1. The Morgan fingerprint density at radius 1 is 1.08 bits per heavy atom. The van der Waals surface area contributed by atoms with Crippen LogP contribution in [0.3, 0.4) is 0 Å². The Hall–Kier alpha value is -3.93. The van der Waals surface area contributed by atoms with Gasteiger partial charge in [0.05, 0.1) is 5.69 Å². The van der Waals surface area contributed by atoms with Gasteiger partial charge in [-0.1, -0.05) is 67.2 Å². The number of carbonyl (C=O) groups excluding carboxylic acids is 2. The topological polar surface area (TPSA) is 112 Å². The van der Waals surface area contributed by atoms with E-state index in [9.17, 15) is 9.59 Å². The number of urea groups is 1. The lowest BCUT2D eigenvalue weighted by atomic mass is 10.1. The van der Waals surface area contributed by atoms with E-state index in [1.165, 1.54) is 4.90 Å². The number of nitrogens with one attached hydrogen (secondary N) is 1. The highest BCUT2D eigenvalue weighted by atomic mass is 32.2. The number of benzene rings is 2. The lowest BCUT2D eigenvalue weighted by Gasteiger charge is -2.38. The molecule has 0 aliphatic carbocycles. The largest absolute Gasteiger partial charge is 0.341 e. The molecule has 2 aromatic carbocycles. The maximum atomic E-state index is 13.0. The van der Waals surface area contributed by atoms with Gasteiger partial charge in [0.25, 0.3) is 5.91 Å². The zero-order chi connectivity index (χ0) is 25.9. The number of fused-ring (bicyclic) bond motifs is 1. The monoisotopic (exact) mass is 519 g/mol. The number of rotatable bonds is 8. The number of tetrazole rings is 1. The predicted molar refractivity (Wildman–Crippen MR) is 140 cm³/mol. The Labute approximate surface area is 219 Å². The number of guanidine groups is 1. The summed E-state index contributed by atoms with van der Waals surface area (Å²) in [7, 11) is 3.63. The predicted octanol–water partition coefficient (Wildman–Crippen LogP) is 2.07. The molecule has 192 valence electrons. The fourth-order valence-electron chi connectivity index (χ4n) is 4.56. The Kier molecular flexibility index (Phi) is 7.08. The van der Waals surface area contributed by atoms with Gasteiger partial charge >= 0.3 is 6.03 Å². The van der Waals surface area contributed by atoms with Crippen molar-refractivity contribution in [3.63, 3.8) is 0 Å². The average Bonchev–Trinajstić information content (AvgIpc) is 3.53. The van der Waals surface area contributed by atoms with Crippen molar-refractivity contribution in [1.29, 1.82) is 0 Å². The second-order valence-corrected chi connectivity index (χ2v) is 10.3. The first-order chi connectivity index (χ1) is 17.9. The highest BCUT2D eigenvalue weighted by Crippen LogP contribution is 2.28. The number of imide groups is 1. The quantitative estimate of drug-likeness (QED) is 0.450. The van der Waals surface area contributed by atoms with Crippen molar-refractivity contribution in [1.82, 2.24) is 40.2 Å². The van der Waals surface area contributed by atoms with E-state index in [4.69, 9.17) is 4.99 Å². The molecular weight excluding hydrogens is 490 g/mol. The van der Waals surface area contributed by atoms with Gasteiger partial charge in [-0.15, -0.1) is 5.10 Å². The van der Waals surface area contributed by atoms with Crippen LogP contribution in [0.4, 0.5) is 4.79 Å². The molecular formula is C25H29N9O2S. The van der Waals surface area contributed by atoms with Gasteiger partial charge in [-0.3, -0.25) is 10.1 Å². The number of para-hydroxylation sites is 1. The van der Waals surface area contributed by atoms with E-state index in [1.54, 1.807) is 23.5 Å². The van der Waals surface area contributed by atoms with Gasteiger partial charge in [0.15, 0.2) is 18.2 Å². The molecule has 1 N–H and O–H groups in total. The molecule has 1 saturated heterocycles. The molecule has 0 radical (unpaired) electrons. The molecule has 11 nitrogen and oxygen atoms in total. The van der Waals surface area contributed by atoms with Gasteiger partial charge in [0.2, 0.25) is 5.16 Å². The summed E-state index contributed by atoms with van der Waals surface area (Å²) >= 11 is 1.56. The molecule has 5 rings (SSSR count). The van der Waals surface area contributed by atoms with E-state index < -0.39 is 18.2 Å². The third-order valence-corrected chi connectivity index (χ3v) is 7.64. The summed E-state index contributed by atoms with van der Waals surface area (Å²) in [6, 6.07) is 18.8. The Morgan fingerprint density at radius 2 is 1.78 bits per heavy atom. The van der Waals surface area contributed by atoms with E-state index in [1.807, 2.05) is 65.4 Å². The minimum atomic E-state index is -0.585. The molecule has 3 unspecified atom stereocenters. The Balaban J connectivity index is 1.32. The smallest absolute Gasteiger partial charge is 0.325 e. The van der Waals surface area contributed by atoms with Crippen molar-refractivity contribution in [2.45, 2.75) is 30.8 Å². The normalized spacial score (nSPS) is 19.9. The number of aliphatic imine (C=N–C) groups is 1. The molecule has 0 saturated carbocycles. The summed E-state index contributed by atoms with van der Waals surface area (Å²) in [5, 5.41) is 15.3. The summed E-state index contributed by atoms with van der Waals surface area (Å²) in [6.07, 6.45) is -0.570. The Bertz CT molecular complexity index is 1280. The van der Waals surface area contributed by atoms with Crippen molar-refractivity contribution in [2.75, 3.05) is 26.4 Å². The van der Waals surface area contributed by atoms with E-state index in [2.05, 4.69) is 39.9 Å². The summed E-state index contributed by atoms with van der Waals surface area (Å²) in [5.41, 5.74) is 2.03. The van der Waals surface area contributed by atoms with Crippen LogP contribution in [0.25, 0.3) is 5.69 Å². The number of hydrogen-bond acceptors (Lipinski definition) is 9. The molecule has 0 spiro atoms. The fraction of sp³-hybridized carbons (Fsp3) is 0.360. The second kappa shape index (κ2) is 10.6. The minimum absolute atomic E-state index is 0.163. The second-order valence-electron chi connectivity index (χ2n) is 9.31. The number of thioether (sulfide) groups is 1. The summed E-state index contributed by atoms with van der Waals surface area (Å²) in [5.74, 6) is 1.26. The van der Waals surface area contributed by atoms with Crippen LogP contribution in [-0.2, 0) is 11.3 Å². The number of likely N-dealkylation sites (N-methyl/N-ethyl adjacent to an activating group) is 1. The summed E-state index contributed by atoms with van der Waals surface area (Å²) in [4.78, 5) is 35.7.